The van der Waals surface area contributed by atoms with Crippen molar-refractivity contribution in [3.63, 3.8) is 0 Å². The molecule has 69 heavy (non-hydrogen) atoms. The predicted molar refractivity (Wildman–Crippen MR) is 301 cm³/mol. The minimum absolute atomic E-state index is 0.0255. The highest BCUT2D eigenvalue weighted by molar-refractivity contribution is 6.29. The van der Waals surface area contributed by atoms with E-state index in [2.05, 4.69) is 6.92 Å². The van der Waals surface area contributed by atoms with Gasteiger partial charge >= 0.3 is 0 Å². The molecule has 0 atom stereocenters. The molecule has 1 aliphatic carbocycles. The largest absolute Gasteiger partial charge is 0.456 e. The van der Waals surface area contributed by atoms with Gasteiger partial charge in [0.1, 0.15) is 11.2 Å². The first-order chi connectivity index (χ1) is 37.2. The molecule has 0 saturated heterocycles. The normalized spacial score (nSPS) is 15.5. The molecule has 1 nitrogen and oxygen atoms in total. The molecule has 0 amide bonds. The molecule has 1 heterocycles. The van der Waals surface area contributed by atoms with Crippen LogP contribution in [-0.2, 0) is 5.41 Å². The van der Waals surface area contributed by atoms with Crippen molar-refractivity contribution in [2.45, 2.75) is 137 Å². The molecule has 10 aromatic rings. The van der Waals surface area contributed by atoms with Crippen LogP contribution in [0.25, 0.3) is 98.8 Å². The van der Waals surface area contributed by atoms with Gasteiger partial charge in [0.2, 0.25) is 0 Å². The molecule has 1 heteroatoms. The van der Waals surface area contributed by atoms with Crippen molar-refractivity contribution in [3.05, 3.63) is 172 Å². The van der Waals surface area contributed by atoms with Crippen LogP contribution in [0.5, 0.6) is 0 Å². The van der Waals surface area contributed by atoms with Crippen LogP contribution >= 0.6 is 0 Å². The maximum atomic E-state index is 10.8. The summed E-state index contributed by atoms with van der Waals surface area (Å²) in [5, 5.41) is 4.47. The number of aryl methyl sites for hydroxylation is 4. The van der Waals surface area contributed by atoms with Crippen LogP contribution in [0.1, 0.15) is 135 Å². The summed E-state index contributed by atoms with van der Waals surface area (Å²) in [5.74, 6) is 0. The second-order valence-electron chi connectivity index (χ2n) is 21.1. The number of furan rings is 1. The smallest absolute Gasteiger partial charge is 0.139 e. The van der Waals surface area contributed by atoms with Gasteiger partial charge in [0.05, 0.1) is 15.1 Å². The summed E-state index contributed by atoms with van der Waals surface area (Å²) in [7, 11) is 0. The summed E-state index contributed by atoms with van der Waals surface area (Å²) in [5.41, 5.74) is 18.3. The third-order valence-electron chi connectivity index (χ3n) is 16.7. The highest BCUT2D eigenvalue weighted by Crippen LogP contribution is 2.56. The Labute approximate surface area is 426 Å². The Balaban J connectivity index is 1.39. The van der Waals surface area contributed by atoms with Gasteiger partial charge < -0.3 is 4.42 Å². The fourth-order valence-corrected chi connectivity index (χ4v) is 12.2. The zero-order valence-corrected chi connectivity index (χ0v) is 43.9. The number of hydrogen-bond donors (Lipinski definition) is 0. The van der Waals surface area contributed by atoms with Crippen molar-refractivity contribution < 1.29 is 19.5 Å². The van der Waals surface area contributed by atoms with Crippen LogP contribution in [0.2, 0.25) is 0 Å². The van der Waals surface area contributed by atoms with E-state index in [0.29, 0.717) is 133 Å². The van der Waals surface area contributed by atoms with Crippen LogP contribution in [-0.4, -0.2) is 0 Å². The van der Waals surface area contributed by atoms with Crippen molar-refractivity contribution in [1.82, 2.24) is 0 Å². The molecule has 9 aromatic carbocycles. The van der Waals surface area contributed by atoms with Crippen LogP contribution in [0.4, 0.5) is 0 Å². The second kappa shape index (κ2) is 15.0. The van der Waals surface area contributed by atoms with Crippen molar-refractivity contribution in [3.8, 4) is 44.5 Å². The monoisotopic (exact) mass is 912 g/mol. The molecule has 0 fully saturated rings. The molecule has 0 spiro atoms. The van der Waals surface area contributed by atoms with Crippen molar-refractivity contribution in [2.24, 2.45) is 0 Å². The van der Waals surface area contributed by atoms with Crippen molar-refractivity contribution in [1.29, 1.82) is 0 Å². The molecule has 1 aromatic heterocycles. The molecule has 0 bridgehead atoms. The second-order valence-corrected chi connectivity index (χ2v) is 21.1. The lowest BCUT2D eigenvalue weighted by Crippen LogP contribution is -2.17. The van der Waals surface area contributed by atoms with E-state index in [-0.39, 0.29) is 66.0 Å². The fourth-order valence-electron chi connectivity index (χ4n) is 12.2. The molecular weight excluding hydrogens is 833 g/mol. The van der Waals surface area contributed by atoms with Crippen LogP contribution < -0.4 is 0 Å². The van der Waals surface area contributed by atoms with Gasteiger partial charge in [0.15, 0.2) is 0 Å². The Morgan fingerprint density at radius 3 is 1.65 bits per heavy atom. The molecule has 0 radical (unpaired) electrons. The number of rotatable bonds is 3. The summed E-state index contributed by atoms with van der Waals surface area (Å²) >= 11 is 0. The lowest BCUT2D eigenvalue weighted by Gasteiger charge is -2.26. The Morgan fingerprint density at radius 2 is 0.957 bits per heavy atom. The minimum Gasteiger partial charge on any atom is -0.456 e. The molecule has 0 N–H and O–H groups in total. The van der Waals surface area contributed by atoms with E-state index >= 15 is 0 Å². The van der Waals surface area contributed by atoms with E-state index in [0.717, 1.165) is 72.3 Å². The Morgan fingerprint density at radius 1 is 0.348 bits per heavy atom. The SMILES string of the molecule is [2H]c1c(C)c([2H])c2c(c1C)C(C)(C)c1c([2H])c(-c3c([2H])c(C)c(C)c(-c4c5c([2H])c(C)c(C)c([2H])c5c(-c5c(C)c(C)c(C)c6oc7c([2H])c8c(C)c([2H])c(C)c([2H])c8c(C)c7c56)c5c(C)c(C)c(C)c([2H])c45)c3[2H])c(C)c(C)c1-2. The number of fused-ring (bicyclic) bond motifs is 9. The third-order valence-corrected chi connectivity index (χ3v) is 16.7. The maximum Gasteiger partial charge on any atom is 0.139 e. The quantitative estimate of drug-likeness (QED) is 0.161. The summed E-state index contributed by atoms with van der Waals surface area (Å²) in [6.45, 7) is 36.9. The van der Waals surface area contributed by atoms with E-state index < -0.39 is 5.41 Å². The van der Waals surface area contributed by atoms with Crippen molar-refractivity contribution >= 4 is 54.3 Å². The molecule has 0 unspecified atom stereocenters. The zero-order chi connectivity index (χ0) is 58.9. The Hall–Kier alpha value is -6.44. The minimum atomic E-state index is -0.806. The van der Waals surface area contributed by atoms with Gasteiger partial charge in [0, 0.05) is 16.2 Å². The standard InChI is InChI=1S/C68H68O/c1-31-20-37(7)49-30-58-61(47(17)51(49)22-31)65-62(44(14)41(11)46(16)67(65)69-58)64-54-26-34(4)33(3)25-53(54)63(55-27-36(6)39(9)43(13)60(55)64)52-28-48(24-35(5)40(52)10)50-29-57-59(45(15)42(50)12)56-23-32(2)21-38(8)66(56)68(57,18)19/h20-30H,1-19H3/i20D,21D,22D,23D,24D,25D,26D,27D,28D,29D,30D. The van der Waals surface area contributed by atoms with Gasteiger partial charge in [-0.1, -0.05) is 73.3 Å². The molecular formula is C68H68O. The van der Waals surface area contributed by atoms with Crippen LogP contribution in [0.3, 0.4) is 0 Å². The van der Waals surface area contributed by atoms with E-state index in [4.69, 9.17) is 7.16 Å². The number of benzene rings is 9. The van der Waals surface area contributed by atoms with E-state index in [1.54, 1.807) is 6.92 Å². The Bertz CT molecular complexity index is 4600. The summed E-state index contributed by atoms with van der Waals surface area (Å²) in [6, 6.07) is 1.83. The number of hydrogen-bond acceptors (Lipinski definition) is 1. The van der Waals surface area contributed by atoms with E-state index in [1.807, 2.05) is 118 Å². The van der Waals surface area contributed by atoms with Gasteiger partial charge in [-0.2, -0.15) is 0 Å². The average molecular weight is 912 g/mol. The Kier molecular flexibility index (Phi) is 7.40. The molecule has 1 aliphatic rings. The van der Waals surface area contributed by atoms with Crippen LogP contribution in [0.15, 0.2) is 70.9 Å². The summed E-state index contributed by atoms with van der Waals surface area (Å²) < 4.78 is 116. The summed E-state index contributed by atoms with van der Waals surface area (Å²) in [4.78, 5) is 0. The molecule has 11 rings (SSSR count). The van der Waals surface area contributed by atoms with E-state index in [1.165, 1.54) is 0 Å². The average Bonchev–Trinajstić information content (AvgIpc) is 3.37. The fraction of sp³-hybridized carbons (Fsp3) is 0.294. The first-order valence-corrected chi connectivity index (χ1v) is 24.4. The zero-order valence-electron chi connectivity index (χ0n) is 54.9. The maximum absolute atomic E-state index is 10.8. The molecule has 0 aliphatic heterocycles. The third kappa shape index (κ3) is 6.08. The van der Waals surface area contributed by atoms with Gasteiger partial charge in [-0.25, -0.2) is 0 Å². The lowest BCUT2D eigenvalue weighted by molar-refractivity contribution is 0.655. The highest BCUT2D eigenvalue weighted by atomic mass is 16.3. The van der Waals surface area contributed by atoms with Gasteiger partial charge in [-0.05, 0) is 307 Å². The molecule has 0 saturated carbocycles. The topological polar surface area (TPSA) is 13.1 Å². The lowest BCUT2D eigenvalue weighted by atomic mass is 9.77. The van der Waals surface area contributed by atoms with Gasteiger partial charge in [-0.15, -0.1) is 0 Å². The van der Waals surface area contributed by atoms with E-state index in [9.17, 15) is 12.3 Å². The van der Waals surface area contributed by atoms with Crippen molar-refractivity contribution in [2.75, 3.05) is 0 Å². The van der Waals surface area contributed by atoms with Gasteiger partial charge in [-0.3, -0.25) is 0 Å². The summed E-state index contributed by atoms with van der Waals surface area (Å²) in [6.07, 6.45) is 0. The predicted octanol–water partition coefficient (Wildman–Crippen LogP) is 19.6. The highest BCUT2D eigenvalue weighted by Gasteiger charge is 2.39. The first kappa shape index (κ1) is 34.0. The first-order valence-electron chi connectivity index (χ1n) is 29.9. The van der Waals surface area contributed by atoms with Crippen LogP contribution in [0, 0.1) is 118 Å². The van der Waals surface area contributed by atoms with Gasteiger partial charge in [0.25, 0.3) is 0 Å². The molecule has 346 valence electrons.